The van der Waals surface area contributed by atoms with Crippen molar-refractivity contribution >= 4 is 17.9 Å². The fourth-order valence-corrected chi connectivity index (χ4v) is 7.11. The minimum atomic E-state index is -0.797. The summed E-state index contributed by atoms with van der Waals surface area (Å²) in [5.41, 5.74) is 0. The van der Waals surface area contributed by atoms with Crippen molar-refractivity contribution in [2.75, 3.05) is 13.2 Å². The first-order valence-corrected chi connectivity index (χ1v) is 26.1. The zero-order valence-electron chi connectivity index (χ0n) is 41.1. The summed E-state index contributed by atoms with van der Waals surface area (Å²) in [5.74, 6) is -0.937. The maximum Gasteiger partial charge on any atom is 0.306 e. The molecule has 0 bridgehead atoms. The van der Waals surface area contributed by atoms with E-state index in [0.717, 1.165) is 83.5 Å². The summed E-state index contributed by atoms with van der Waals surface area (Å²) >= 11 is 0. The van der Waals surface area contributed by atoms with Gasteiger partial charge in [0.1, 0.15) is 13.2 Å². The molecule has 0 aliphatic carbocycles. The monoisotopic (exact) mass is 877 g/mol. The number of rotatable bonds is 46. The van der Waals surface area contributed by atoms with Gasteiger partial charge in [0.25, 0.3) is 0 Å². The van der Waals surface area contributed by atoms with Gasteiger partial charge in [-0.15, -0.1) is 0 Å². The second-order valence-corrected chi connectivity index (χ2v) is 17.1. The molecule has 0 fully saturated rings. The molecule has 360 valence electrons. The number of allylic oxidation sites excluding steroid dienone is 14. The number of carbonyl (C=O) groups is 3. The van der Waals surface area contributed by atoms with Gasteiger partial charge in [-0.3, -0.25) is 14.4 Å². The van der Waals surface area contributed by atoms with Crippen LogP contribution in [0.3, 0.4) is 0 Å². The van der Waals surface area contributed by atoms with Crippen LogP contribution >= 0.6 is 0 Å². The normalized spacial score (nSPS) is 12.7. The summed E-state index contributed by atoms with van der Waals surface area (Å²) in [6.07, 6.45) is 65.7. The largest absolute Gasteiger partial charge is 0.462 e. The Bertz CT molecular complexity index is 1240. The van der Waals surface area contributed by atoms with E-state index < -0.39 is 6.10 Å². The smallest absolute Gasteiger partial charge is 0.306 e. The molecule has 0 saturated carbocycles. The average molecular weight is 877 g/mol. The van der Waals surface area contributed by atoms with Crippen LogP contribution in [0.15, 0.2) is 85.1 Å². The van der Waals surface area contributed by atoms with Gasteiger partial charge in [0.15, 0.2) is 6.10 Å². The van der Waals surface area contributed by atoms with Crippen molar-refractivity contribution in [2.45, 2.75) is 245 Å². The van der Waals surface area contributed by atoms with Gasteiger partial charge in [-0.25, -0.2) is 0 Å². The molecule has 1 atom stereocenters. The minimum Gasteiger partial charge on any atom is -0.462 e. The predicted molar refractivity (Wildman–Crippen MR) is 270 cm³/mol. The zero-order chi connectivity index (χ0) is 45.8. The van der Waals surface area contributed by atoms with Crippen LogP contribution in [0.5, 0.6) is 0 Å². The molecule has 0 aromatic rings. The lowest BCUT2D eigenvalue weighted by molar-refractivity contribution is -0.167. The van der Waals surface area contributed by atoms with Crippen molar-refractivity contribution in [2.24, 2.45) is 0 Å². The molecule has 0 spiro atoms. The molecule has 63 heavy (non-hydrogen) atoms. The highest BCUT2D eigenvalue weighted by atomic mass is 16.6. The first-order chi connectivity index (χ1) is 31.0. The molecule has 6 nitrogen and oxygen atoms in total. The van der Waals surface area contributed by atoms with Crippen molar-refractivity contribution in [3.05, 3.63) is 85.1 Å². The molecule has 1 unspecified atom stereocenters. The Morgan fingerprint density at radius 1 is 0.349 bits per heavy atom. The molecule has 0 rings (SSSR count). The third kappa shape index (κ3) is 49.5. The van der Waals surface area contributed by atoms with E-state index in [2.05, 4.69) is 69.4 Å². The van der Waals surface area contributed by atoms with Crippen LogP contribution in [0.2, 0.25) is 0 Å². The van der Waals surface area contributed by atoms with Crippen molar-refractivity contribution in [1.29, 1.82) is 0 Å². The predicted octanol–water partition coefficient (Wildman–Crippen LogP) is 17.2. The molecule has 0 aromatic carbocycles. The van der Waals surface area contributed by atoms with E-state index >= 15 is 0 Å². The molecule has 0 saturated heterocycles. The number of unbranched alkanes of at least 4 members (excludes halogenated alkanes) is 24. The Labute approximate surface area is 388 Å². The third-order valence-corrected chi connectivity index (χ3v) is 11.0. The lowest BCUT2D eigenvalue weighted by Gasteiger charge is -2.18. The topological polar surface area (TPSA) is 78.9 Å². The van der Waals surface area contributed by atoms with Gasteiger partial charge >= 0.3 is 17.9 Å². The summed E-state index contributed by atoms with van der Waals surface area (Å²) < 4.78 is 16.8. The highest BCUT2D eigenvalue weighted by molar-refractivity contribution is 5.71. The Kier molecular flexibility index (Phi) is 48.5. The van der Waals surface area contributed by atoms with Crippen LogP contribution in [0, 0.1) is 0 Å². The highest BCUT2D eigenvalue weighted by Gasteiger charge is 2.19. The fraction of sp³-hybridized carbons (Fsp3) is 0.702. The molecular weight excluding hydrogens is 781 g/mol. The van der Waals surface area contributed by atoms with Crippen LogP contribution in [-0.4, -0.2) is 37.2 Å². The summed E-state index contributed by atoms with van der Waals surface area (Å²) in [5, 5.41) is 0. The summed E-state index contributed by atoms with van der Waals surface area (Å²) in [4.78, 5) is 38.0. The van der Waals surface area contributed by atoms with Gasteiger partial charge in [0, 0.05) is 19.3 Å². The molecule has 0 aromatic heterocycles. The maximum atomic E-state index is 12.8. The van der Waals surface area contributed by atoms with E-state index in [1.807, 2.05) is 36.5 Å². The van der Waals surface area contributed by atoms with Crippen LogP contribution in [0.1, 0.15) is 239 Å². The van der Waals surface area contributed by atoms with Crippen molar-refractivity contribution in [3.63, 3.8) is 0 Å². The van der Waals surface area contributed by atoms with Gasteiger partial charge in [-0.2, -0.15) is 0 Å². The van der Waals surface area contributed by atoms with Crippen molar-refractivity contribution in [3.8, 4) is 0 Å². The molecule has 0 aliphatic heterocycles. The molecule has 0 heterocycles. The van der Waals surface area contributed by atoms with E-state index in [4.69, 9.17) is 14.2 Å². The van der Waals surface area contributed by atoms with E-state index in [-0.39, 0.29) is 37.5 Å². The van der Waals surface area contributed by atoms with Crippen molar-refractivity contribution < 1.29 is 28.6 Å². The summed E-state index contributed by atoms with van der Waals surface area (Å²) in [6.45, 7) is 6.35. The Morgan fingerprint density at radius 3 is 1.17 bits per heavy atom. The van der Waals surface area contributed by atoms with E-state index in [1.54, 1.807) is 0 Å². The van der Waals surface area contributed by atoms with Gasteiger partial charge in [-0.1, -0.05) is 234 Å². The van der Waals surface area contributed by atoms with E-state index in [9.17, 15) is 14.4 Å². The minimum absolute atomic E-state index is 0.0928. The van der Waals surface area contributed by atoms with Gasteiger partial charge < -0.3 is 14.2 Å². The van der Waals surface area contributed by atoms with E-state index in [0.29, 0.717) is 19.3 Å². The second kappa shape index (κ2) is 51.2. The number of hydrogen-bond donors (Lipinski definition) is 0. The molecule has 0 radical (unpaired) electrons. The number of esters is 3. The number of ether oxygens (including phenoxy) is 3. The SMILES string of the molecule is CC/C=C/C=C/C=C/C=C/CCCCCC(=O)OC(COC(=O)CCCCCCCCCCC/C=C/C/C=C/C/C=C/CC)COC(=O)CCCCCCCCCCCCCCC. The zero-order valence-corrected chi connectivity index (χ0v) is 41.1. The van der Waals surface area contributed by atoms with Crippen LogP contribution < -0.4 is 0 Å². The highest BCUT2D eigenvalue weighted by Crippen LogP contribution is 2.15. The molecule has 0 N–H and O–H groups in total. The van der Waals surface area contributed by atoms with Gasteiger partial charge in [0.2, 0.25) is 0 Å². The lowest BCUT2D eigenvalue weighted by Crippen LogP contribution is -2.30. The number of hydrogen-bond acceptors (Lipinski definition) is 6. The quantitative estimate of drug-likeness (QED) is 0.0199. The fourth-order valence-electron chi connectivity index (χ4n) is 7.11. The van der Waals surface area contributed by atoms with Crippen LogP contribution in [0.25, 0.3) is 0 Å². The molecular formula is C57H96O6. The molecule has 0 aliphatic rings. The third-order valence-electron chi connectivity index (χ3n) is 11.0. The number of carbonyl (C=O) groups excluding carboxylic acids is 3. The average Bonchev–Trinajstić information content (AvgIpc) is 3.28. The Hall–Kier alpha value is -3.41. The summed E-state index contributed by atoms with van der Waals surface area (Å²) in [6, 6.07) is 0. The lowest BCUT2D eigenvalue weighted by atomic mass is 10.0. The van der Waals surface area contributed by atoms with E-state index in [1.165, 1.54) is 109 Å². The maximum absolute atomic E-state index is 12.8. The second-order valence-electron chi connectivity index (χ2n) is 17.1. The van der Waals surface area contributed by atoms with Crippen molar-refractivity contribution in [1.82, 2.24) is 0 Å². The Morgan fingerprint density at radius 2 is 0.698 bits per heavy atom. The Balaban J connectivity index is 4.40. The first kappa shape index (κ1) is 59.6. The standard InChI is InChI=1S/C57H96O6/c1-4-7-10-13-16-19-22-25-26-27-28-29-30-33-35-38-41-44-47-50-56(59)62-53-54(63-57(60)51-48-45-42-39-36-32-24-21-18-15-12-9-6-3)52-61-55(58)49-46-43-40-37-34-31-23-20-17-14-11-8-5-2/h7,9-10,12,15-16,18-19,21,24-26,32,36,54H,4-6,8,11,13-14,17,20,22-23,27-31,33-35,37-53H2,1-3H3/b10-7+,12-9+,18-15+,19-16+,24-21+,26-25+,36-32+. The molecule has 0 amide bonds. The van der Waals surface area contributed by atoms with Crippen LogP contribution in [-0.2, 0) is 28.6 Å². The summed E-state index contributed by atoms with van der Waals surface area (Å²) in [7, 11) is 0. The molecule has 6 heteroatoms. The first-order valence-electron chi connectivity index (χ1n) is 26.1. The van der Waals surface area contributed by atoms with Gasteiger partial charge in [0.05, 0.1) is 0 Å². The van der Waals surface area contributed by atoms with Crippen LogP contribution in [0.4, 0.5) is 0 Å². The van der Waals surface area contributed by atoms with Gasteiger partial charge in [-0.05, 0) is 70.6 Å².